The van der Waals surface area contributed by atoms with Crippen LogP contribution in [0.4, 0.5) is 11.4 Å². The van der Waals surface area contributed by atoms with Gasteiger partial charge in [0, 0.05) is 18.4 Å². The number of aromatic nitrogens is 3. The maximum atomic E-state index is 13.3. The van der Waals surface area contributed by atoms with Gasteiger partial charge in [-0.25, -0.2) is 0 Å². The van der Waals surface area contributed by atoms with Crippen LogP contribution < -0.4 is 10.2 Å². The zero-order valence-electron chi connectivity index (χ0n) is 17.2. The van der Waals surface area contributed by atoms with E-state index in [0.717, 1.165) is 30.1 Å². The van der Waals surface area contributed by atoms with Gasteiger partial charge in [-0.05, 0) is 44.0 Å². The first kappa shape index (κ1) is 19.9. The zero-order valence-corrected chi connectivity index (χ0v) is 18.0. The fourth-order valence-electron chi connectivity index (χ4n) is 3.92. The van der Waals surface area contributed by atoms with E-state index in [1.165, 1.54) is 11.8 Å². The summed E-state index contributed by atoms with van der Waals surface area (Å²) in [5, 5.41) is 12.4. The molecule has 1 aliphatic heterocycles. The SMILES string of the molecule is C[C@H]1CC(=O)Nc2ccccc2N1C(=O)CSc1nnc(C2CC2)n1Cc1ccco1. The van der Waals surface area contributed by atoms with E-state index in [4.69, 9.17) is 4.42 Å². The van der Waals surface area contributed by atoms with Crippen LogP contribution in [0.5, 0.6) is 0 Å². The Hall–Kier alpha value is -3.07. The number of nitrogens with zero attached hydrogens (tertiary/aromatic N) is 4. The van der Waals surface area contributed by atoms with Gasteiger partial charge >= 0.3 is 0 Å². The molecule has 1 N–H and O–H groups in total. The van der Waals surface area contributed by atoms with Crippen LogP contribution in [0.15, 0.2) is 52.2 Å². The van der Waals surface area contributed by atoms with E-state index in [1.54, 1.807) is 11.2 Å². The van der Waals surface area contributed by atoms with E-state index < -0.39 is 0 Å². The summed E-state index contributed by atoms with van der Waals surface area (Å²) in [5.41, 5.74) is 1.38. The van der Waals surface area contributed by atoms with Crippen LogP contribution in [0.1, 0.15) is 43.7 Å². The Balaban J connectivity index is 1.37. The van der Waals surface area contributed by atoms with Gasteiger partial charge in [-0.1, -0.05) is 23.9 Å². The van der Waals surface area contributed by atoms with E-state index >= 15 is 0 Å². The molecule has 31 heavy (non-hydrogen) atoms. The molecule has 2 amide bonds. The molecule has 0 saturated heterocycles. The lowest BCUT2D eigenvalue weighted by Crippen LogP contribution is -2.40. The number of anilines is 2. The van der Waals surface area contributed by atoms with Gasteiger partial charge in [0.05, 0.1) is 29.9 Å². The van der Waals surface area contributed by atoms with Gasteiger partial charge in [0.15, 0.2) is 5.16 Å². The number of furan rings is 1. The van der Waals surface area contributed by atoms with Crippen LogP contribution >= 0.6 is 11.8 Å². The number of benzene rings is 1. The maximum absolute atomic E-state index is 13.3. The molecule has 5 rings (SSSR count). The second-order valence-corrected chi connectivity index (χ2v) is 8.89. The van der Waals surface area contributed by atoms with Crippen molar-refractivity contribution >= 4 is 35.0 Å². The Bertz CT molecular complexity index is 1110. The fraction of sp³-hybridized carbons (Fsp3) is 0.364. The van der Waals surface area contributed by atoms with Gasteiger partial charge in [0.1, 0.15) is 11.6 Å². The molecule has 0 bridgehead atoms. The van der Waals surface area contributed by atoms with Crippen molar-refractivity contribution in [1.29, 1.82) is 0 Å². The maximum Gasteiger partial charge on any atom is 0.237 e. The smallest absolute Gasteiger partial charge is 0.237 e. The van der Waals surface area contributed by atoms with E-state index in [1.807, 2.05) is 43.3 Å². The Morgan fingerprint density at radius 1 is 1.23 bits per heavy atom. The number of amides is 2. The second-order valence-electron chi connectivity index (χ2n) is 7.95. The summed E-state index contributed by atoms with van der Waals surface area (Å²) in [6.07, 6.45) is 4.14. The molecular formula is C22H23N5O3S. The van der Waals surface area contributed by atoms with Gasteiger partial charge in [0.2, 0.25) is 11.8 Å². The molecule has 0 spiro atoms. The minimum absolute atomic E-state index is 0.0676. The van der Waals surface area contributed by atoms with Crippen molar-refractivity contribution < 1.29 is 14.0 Å². The molecule has 1 atom stereocenters. The summed E-state index contributed by atoms with van der Waals surface area (Å²) in [5.74, 6) is 2.26. The third-order valence-electron chi connectivity index (χ3n) is 5.53. The minimum Gasteiger partial charge on any atom is -0.467 e. The molecule has 8 nitrogen and oxygen atoms in total. The summed E-state index contributed by atoms with van der Waals surface area (Å²) in [6, 6.07) is 11.0. The molecule has 1 aliphatic carbocycles. The first-order chi connectivity index (χ1) is 15.1. The molecule has 0 unspecified atom stereocenters. The molecule has 2 aromatic heterocycles. The van der Waals surface area contributed by atoms with E-state index in [2.05, 4.69) is 20.1 Å². The Kier molecular flexibility index (Phi) is 5.27. The molecule has 160 valence electrons. The quantitative estimate of drug-likeness (QED) is 0.592. The van der Waals surface area contributed by atoms with Crippen LogP contribution in [-0.4, -0.2) is 38.4 Å². The van der Waals surface area contributed by atoms with Crippen molar-refractivity contribution in [2.24, 2.45) is 0 Å². The first-order valence-electron chi connectivity index (χ1n) is 10.4. The van der Waals surface area contributed by atoms with Crippen molar-refractivity contribution in [3.8, 4) is 0 Å². The monoisotopic (exact) mass is 437 g/mol. The van der Waals surface area contributed by atoms with Gasteiger partial charge in [-0.3, -0.25) is 14.2 Å². The average Bonchev–Trinajstić information content (AvgIpc) is 3.35. The summed E-state index contributed by atoms with van der Waals surface area (Å²) in [6.45, 7) is 2.44. The molecule has 2 aliphatic rings. The highest BCUT2D eigenvalue weighted by atomic mass is 32.2. The van der Waals surface area contributed by atoms with E-state index in [-0.39, 0.29) is 30.0 Å². The largest absolute Gasteiger partial charge is 0.467 e. The fourth-order valence-corrected chi connectivity index (χ4v) is 4.73. The normalized spacial score (nSPS) is 18.4. The highest BCUT2D eigenvalue weighted by Gasteiger charge is 2.32. The van der Waals surface area contributed by atoms with Gasteiger partial charge < -0.3 is 14.6 Å². The average molecular weight is 438 g/mol. The molecule has 1 fully saturated rings. The van der Waals surface area contributed by atoms with Gasteiger partial charge in [-0.15, -0.1) is 10.2 Å². The Morgan fingerprint density at radius 2 is 2.06 bits per heavy atom. The number of rotatable bonds is 6. The van der Waals surface area contributed by atoms with Crippen LogP contribution in [0.2, 0.25) is 0 Å². The summed E-state index contributed by atoms with van der Waals surface area (Å²) >= 11 is 1.37. The minimum atomic E-state index is -0.236. The van der Waals surface area contributed by atoms with Crippen LogP contribution in [0.25, 0.3) is 0 Å². The Morgan fingerprint density at radius 3 is 2.84 bits per heavy atom. The molecule has 1 saturated carbocycles. The third-order valence-corrected chi connectivity index (χ3v) is 6.49. The highest BCUT2D eigenvalue weighted by molar-refractivity contribution is 7.99. The van der Waals surface area contributed by atoms with Crippen molar-refractivity contribution in [2.45, 2.75) is 49.8 Å². The lowest BCUT2D eigenvalue weighted by Gasteiger charge is -2.27. The van der Waals surface area contributed by atoms with Crippen molar-refractivity contribution in [3.63, 3.8) is 0 Å². The standard InChI is InChI=1S/C22H23N5O3S/c1-14-11-19(28)23-17-6-2-3-7-18(17)27(14)20(29)13-31-22-25-24-21(15-8-9-15)26(22)12-16-5-4-10-30-16/h2-7,10,14-15H,8-9,11-13H2,1H3,(H,23,28)/t14-/m0/s1. The molecule has 1 aromatic carbocycles. The summed E-state index contributed by atoms with van der Waals surface area (Å²) in [7, 11) is 0. The van der Waals surface area contributed by atoms with Crippen LogP contribution in [-0.2, 0) is 16.1 Å². The zero-order chi connectivity index (χ0) is 21.4. The number of fused-ring (bicyclic) bond motifs is 1. The topological polar surface area (TPSA) is 93.3 Å². The first-order valence-corrected chi connectivity index (χ1v) is 11.4. The third kappa shape index (κ3) is 4.10. The molecule has 0 radical (unpaired) electrons. The lowest BCUT2D eigenvalue weighted by molar-refractivity contribution is -0.117. The predicted molar refractivity (Wildman–Crippen MR) is 117 cm³/mol. The molecule has 9 heteroatoms. The second kappa shape index (κ2) is 8.22. The molecule has 3 aromatic rings. The number of hydrogen-bond acceptors (Lipinski definition) is 6. The lowest BCUT2D eigenvalue weighted by atomic mass is 10.2. The number of nitrogens with one attached hydrogen (secondary N) is 1. The van der Waals surface area contributed by atoms with Crippen LogP contribution in [0, 0.1) is 0 Å². The summed E-state index contributed by atoms with van der Waals surface area (Å²) < 4.78 is 7.57. The van der Waals surface area contributed by atoms with Crippen molar-refractivity contribution in [2.75, 3.05) is 16.0 Å². The number of thioether (sulfide) groups is 1. The van der Waals surface area contributed by atoms with E-state index in [9.17, 15) is 9.59 Å². The van der Waals surface area contributed by atoms with Gasteiger partial charge in [0.25, 0.3) is 0 Å². The van der Waals surface area contributed by atoms with Crippen molar-refractivity contribution in [3.05, 3.63) is 54.2 Å². The van der Waals surface area contributed by atoms with Gasteiger partial charge in [-0.2, -0.15) is 0 Å². The number of carbonyl (C=O) groups excluding carboxylic acids is 2. The Labute approximate surface area is 184 Å². The molecular weight excluding hydrogens is 414 g/mol. The molecule has 3 heterocycles. The van der Waals surface area contributed by atoms with Crippen molar-refractivity contribution in [1.82, 2.24) is 14.8 Å². The number of para-hydroxylation sites is 2. The predicted octanol–water partition coefficient (Wildman–Crippen LogP) is 3.65. The number of carbonyl (C=O) groups is 2. The summed E-state index contributed by atoms with van der Waals surface area (Å²) in [4.78, 5) is 27.2. The number of hydrogen-bond donors (Lipinski definition) is 1. The van der Waals surface area contributed by atoms with E-state index in [0.29, 0.717) is 23.3 Å². The van der Waals surface area contributed by atoms with Crippen LogP contribution in [0.3, 0.4) is 0 Å². The highest BCUT2D eigenvalue weighted by Crippen LogP contribution is 2.40.